The van der Waals surface area contributed by atoms with Crippen molar-refractivity contribution in [3.8, 4) is 5.75 Å². The van der Waals surface area contributed by atoms with Crippen molar-refractivity contribution >= 4 is 31.3 Å². The fourth-order valence-electron chi connectivity index (χ4n) is 3.70. The number of esters is 1. The number of carbonyl (C=O) groups is 1. The summed E-state index contributed by atoms with van der Waals surface area (Å²) in [6, 6.07) is 8.97. The van der Waals surface area contributed by atoms with E-state index in [2.05, 4.69) is 10.1 Å². The molecule has 0 spiro atoms. The number of hydrogen-bond acceptors (Lipinski definition) is 10. The van der Waals surface area contributed by atoms with Crippen molar-refractivity contribution in [3.63, 3.8) is 0 Å². The van der Waals surface area contributed by atoms with Crippen LogP contribution in [0.5, 0.6) is 5.75 Å². The predicted octanol–water partition coefficient (Wildman–Crippen LogP) is 3.99. The lowest BCUT2D eigenvalue weighted by Crippen LogP contribution is -2.36. The Kier molecular flexibility index (Phi) is 12.3. The third-order valence-electron chi connectivity index (χ3n) is 6.06. The average molecular weight is 571 g/mol. The highest BCUT2D eigenvalue weighted by molar-refractivity contribution is 8.00. The number of anilines is 1. The number of benzene rings is 1. The number of para-hydroxylation sites is 1. The number of nitrogens with one attached hydrogen (secondary N) is 1. The molecule has 0 unspecified atom stereocenters. The van der Waals surface area contributed by atoms with Crippen LogP contribution < -0.4 is 21.0 Å². The number of nitrogens with two attached hydrogens (primary N) is 1. The number of nitrogens with zero attached hydrogens (tertiary/aromatic N) is 2. The Bertz CT molecular complexity index is 1130. The van der Waals surface area contributed by atoms with E-state index in [1.807, 2.05) is 13.8 Å². The van der Waals surface area contributed by atoms with Gasteiger partial charge in [-0.25, -0.2) is 9.36 Å². The minimum absolute atomic E-state index is 0. The van der Waals surface area contributed by atoms with Crippen LogP contribution in [-0.2, 0) is 18.6 Å². The lowest BCUT2D eigenvalue weighted by Gasteiger charge is -2.25. The summed E-state index contributed by atoms with van der Waals surface area (Å²) in [5.74, 6) is 0.0746. The summed E-state index contributed by atoms with van der Waals surface area (Å²) in [6.07, 6.45) is 2.71. The molecule has 11 nitrogen and oxygen atoms in total. The topological polar surface area (TPSA) is 155 Å². The van der Waals surface area contributed by atoms with Crippen LogP contribution in [0.4, 0.5) is 5.82 Å². The minimum atomic E-state index is -4.07. The van der Waals surface area contributed by atoms with Crippen LogP contribution in [0.1, 0.15) is 52.8 Å². The molecule has 1 aliphatic heterocycles. The second kappa shape index (κ2) is 14.7. The van der Waals surface area contributed by atoms with Gasteiger partial charge >= 0.3 is 19.4 Å². The summed E-state index contributed by atoms with van der Waals surface area (Å²) < 4.78 is 31.9. The Labute approximate surface area is 228 Å². The Morgan fingerprint density at radius 3 is 2.61 bits per heavy atom. The number of aliphatic hydroxyl groups excluding tert-OH is 1. The molecule has 13 heteroatoms. The van der Waals surface area contributed by atoms with Gasteiger partial charge in [-0.15, -0.1) is 11.8 Å². The average Bonchev–Trinajstić information content (AvgIpc) is 3.23. The maximum Gasteiger partial charge on any atom is 0.459 e. The van der Waals surface area contributed by atoms with Gasteiger partial charge in [-0.05, 0) is 31.0 Å². The van der Waals surface area contributed by atoms with E-state index in [1.54, 1.807) is 30.3 Å². The van der Waals surface area contributed by atoms with Gasteiger partial charge < -0.3 is 20.1 Å². The highest BCUT2D eigenvalue weighted by atomic mass is 32.2. The van der Waals surface area contributed by atoms with E-state index in [-0.39, 0.29) is 44.5 Å². The van der Waals surface area contributed by atoms with Gasteiger partial charge in [0.25, 0.3) is 0 Å². The highest BCUT2D eigenvalue weighted by Gasteiger charge is 2.39. The molecule has 1 fully saturated rings. The monoisotopic (exact) mass is 570 g/mol. The molecule has 0 bridgehead atoms. The molecule has 5 atom stereocenters. The van der Waals surface area contributed by atoms with E-state index in [9.17, 15) is 19.3 Å². The van der Waals surface area contributed by atoms with Crippen LogP contribution in [0.25, 0.3) is 0 Å². The van der Waals surface area contributed by atoms with Gasteiger partial charge in [0.2, 0.25) is 0 Å². The number of rotatable bonds is 13. The fourth-order valence-corrected chi connectivity index (χ4v) is 6.76. The molecule has 38 heavy (non-hydrogen) atoms. The molecule has 4 N–H and O–H groups in total. The Morgan fingerprint density at radius 1 is 1.29 bits per heavy atom. The number of thioether (sulfide) groups is 1. The van der Waals surface area contributed by atoms with E-state index in [0.29, 0.717) is 0 Å². The smallest absolute Gasteiger partial charge is 0.459 e. The standard InChI is InChI=1S/C24H35N4O7PS.CH4/c1-4-17(5-2)14-33-23(30)16(3)27-36(32,35-18-9-7-6-8-10-18)34-15-20-19(29)13-22(37-20)28-12-11-21(25)26-24(28)31;/h6-12,16-17,19-20,22,29H,4-5,13-15H2,1-3H3,(H,27,32)(H2,25,26,31);1H4/t16-,19+,20+,22+,36-;/m0./s1. The van der Waals surface area contributed by atoms with Gasteiger partial charge in [0.05, 0.1) is 29.9 Å². The Hall–Kier alpha value is -2.37. The lowest BCUT2D eigenvalue weighted by atomic mass is 10.1. The molecule has 1 aromatic heterocycles. The molecular weight excluding hydrogens is 531 g/mol. The van der Waals surface area contributed by atoms with E-state index in [1.165, 1.54) is 35.5 Å². The van der Waals surface area contributed by atoms with E-state index < -0.39 is 42.2 Å². The third-order valence-corrected chi connectivity index (χ3v) is 9.24. The summed E-state index contributed by atoms with van der Waals surface area (Å²) in [6.45, 7) is 5.69. The molecule has 3 rings (SSSR count). The summed E-state index contributed by atoms with van der Waals surface area (Å²) in [4.78, 5) is 28.5. The van der Waals surface area contributed by atoms with Gasteiger partial charge in [-0.2, -0.15) is 10.1 Å². The Balaban J connectivity index is 0.00000507. The summed E-state index contributed by atoms with van der Waals surface area (Å²) in [5, 5.41) is 12.4. The van der Waals surface area contributed by atoms with Crippen molar-refractivity contribution in [1.82, 2.24) is 14.6 Å². The molecule has 0 aliphatic carbocycles. The van der Waals surface area contributed by atoms with Crippen molar-refractivity contribution in [1.29, 1.82) is 0 Å². The first-order valence-electron chi connectivity index (χ1n) is 12.3. The molecule has 2 heterocycles. The Morgan fingerprint density at radius 2 is 1.97 bits per heavy atom. The van der Waals surface area contributed by atoms with Crippen LogP contribution in [-0.4, -0.2) is 51.2 Å². The maximum absolute atomic E-state index is 13.7. The molecule has 0 amide bonds. The SMILES string of the molecule is C.CCC(CC)COC(=O)[C@H](C)N[P@](=O)(OC[C@H]1S[C@@H](n2ccc(N)nc2=O)C[C@H]1O)Oc1ccccc1. The second-order valence-corrected chi connectivity index (χ2v) is 12.0. The van der Waals surface area contributed by atoms with Gasteiger partial charge in [0, 0.05) is 12.6 Å². The predicted molar refractivity (Wildman–Crippen MR) is 149 cm³/mol. The van der Waals surface area contributed by atoms with Crippen molar-refractivity contribution < 1.29 is 28.3 Å². The fraction of sp³-hybridized carbons (Fsp3) is 0.560. The molecular formula is C25H39N4O7PS. The van der Waals surface area contributed by atoms with Gasteiger partial charge in [0.15, 0.2) is 0 Å². The van der Waals surface area contributed by atoms with Gasteiger partial charge in [0.1, 0.15) is 17.6 Å². The first-order valence-corrected chi connectivity index (χ1v) is 14.7. The molecule has 2 aromatic rings. The van der Waals surface area contributed by atoms with Crippen molar-refractivity contribution in [3.05, 3.63) is 53.1 Å². The van der Waals surface area contributed by atoms with Crippen LogP contribution in [0.15, 0.2) is 47.4 Å². The second-order valence-electron chi connectivity index (χ2n) is 8.84. The van der Waals surface area contributed by atoms with Gasteiger partial charge in [-0.3, -0.25) is 13.9 Å². The zero-order chi connectivity index (χ0) is 27.0. The summed E-state index contributed by atoms with van der Waals surface area (Å²) in [7, 11) is -4.07. The third kappa shape index (κ3) is 8.84. The molecule has 0 radical (unpaired) electrons. The number of hydrogen-bond donors (Lipinski definition) is 3. The first kappa shape index (κ1) is 31.8. The zero-order valence-electron chi connectivity index (χ0n) is 21.2. The molecule has 1 aliphatic rings. The van der Waals surface area contributed by atoms with Crippen molar-refractivity contribution in [2.75, 3.05) is 18.9 Å². The number of aromatic nitrogens is 2. The van der Waals surface area contributed by atoms with E-state index in [4.69, 9.17) is 19.5 Å². The van der Waals surface area contributed by atoms with E-state index >= 15 is 0 Å². The lowest BCUT2D eigenvalue weighted by molar-refractivity contribution is -0.146. The first-order chi connectivity index (χ1) is 17.6. The number of nitrogen functional groups attached to an aromatic ring is 1. The van der Waals surface area contributed by atoms with Gasteiger partial charge in [-0.1, -0.05) is 52.3 Å². The molecule has 212 valence electrons. The molecule has 1 aromatic carbocycles. The normalized spacial score (nSPS) is 21.3. The van der Waals surface area contributed by atoms with Crippen LogP contribution in [0.3, 0.4) is 0 Å². The van der Waals surface area contributed by atoms with Crippen LogP contribution in [0.2, 0.25) is 0 Å². The van der Waals surface area contributed by atoms with Crippen LogP contribution >= 0.6 is 19.5 Å². The van der Waals surface area contributed by atoms with Crippen LogP contribution in [0, 0.1) is 5.92 Å². The molecule has 0 saturated carbocycles. The number of carbonyl (C=O) groups excluding carboxylic acids is 1. The number of ether oxygens (including phenoxy) is 1. The number of aliphatic hydroxyl groups is 1. The van der Waals surface area contributed by atoms with Crippen molar-refractivity contribution in [2.24, 2.45) is 5.92 Å². The zero-order valence-corrected chi connectivity index (χ0v) is 22.9. The summed E-state index contributed by atoms with van der Waals surface area (Å²) in [5.41, 5.74) is 5.04. The quantitative estimate of drug-likeness (QED) is 0.236. The molecule has 1 saturated heterocycles. The highest BCUT2D eigenvalue weighted by Crippen LogP contribution is 2.48. The minimum Gasteiger partial charge on any atom is -0.464 e. The largest absolute Gasteiger partial charge is 0.464 e. The van der Waals surface area contributed by atoms with E-state index in [0.717, 1.165) is 12.8 Å². The summed E-state index contributed by atoms with van der Waals surface area (Å²) >= 11 is 1.29. The maximum atomic E-state index is 13.7. The van der Waals surface area contributed by atoms with Crippen molar-refractivity contribution in [2.45, 2.75) is 70.2 Å².